The van der Waals surface area contributed by atoms with E-state index in [0.29, 0.717) is 22.7 Å². The summed E-state index contributed by atoms with van der Waals surface area (Å²) in [6.45, 7) is 5.11. The molecule has 8 heteroatoms. The van der Waals surface area contributed by atoms with Crippen LogP contribution in [0.4, 0.5) is 8.78 Å². The monoisotopic (exact) mass is 352 g/mol. The lowest BCUT2D eigenvalue weighted by Crippen LogP contribution is -2.13. The van der Waals surface area contributed by atoms with Gasteiger partial charge in [-0.15, -0.1) is 0 Å². The lowest BCUT2D eigenvalue weighted by molar-refractivity contribution is 0.0656. The summed E-state index contributed by atoms with van der Waals surface area (Å²) >= 11 is 1.18. The Morgan fingerprint density at radius 3 is 2.50 bits per heavy atom. The molecule has 0 saturated heterocycles. The van der Waals surface area contributed by atoms with Crippen molar-refractivity contribution in [2.45, 2.75) is 50.1 Å². The second-order valence-electron chi connectivity index (χ2n) is 6.50. The molecule has 0 aliphatic heterocycles. The van der Waals surface area contributed by atoms with Crippen LogP contribution < -0.4 is 0 Å². The Hall–Kier alpha value is -1.96. The third-order valence-corrected chi connectivity index (χ3v) is 4.56. The fraction of sp³-hybridized carbons (Fsp3) is 0.438. The molecule has 1 atom stereocenters. The summed E-state index contributed by atoms with van der Waals surface area (Å²) < 4.78 is 33.1. The van der Waals surface area contributed by atoms with Crippen LogP contribution in [0, 0.1) is 0 Å². The van der Waals surface area contributed by atoms with Crippen LogP contribution in [0.15, 0.2) is 33.9 Å². The maximum Gasteiger partial charge on any atom is 0.321 e. The number of alkyl halides is 2. The lowest BCUT2D eigenvalue weighted by atomic mass is 9.96. The summed E-state index contributed by atoms with van der Waals surface area (Å²) in [5, 5.41) is 3.92. The first-order valence-electron chi connectivity index (χ1n) is 7.53. The van der Waals surface area contributed by atoms with Crippen molar-refractivity contribution in [3.05, 3.63) is 36.0 Å². The molecule has 128 valence electrons. The van der Waals surface area contributed by atoms with Crippen LogP contribution in [-0.4, -0.2) is 19.7 Å². The average molecular weight is 352 g/mol. The predicted octanol–water partition coefficient (Wildman–Crippen LogP) is 4.97. The number of fused-ring (bicyclic) bond motifs is 1. The van der Waals surface area contributed by atoms with E-state index in [1.165, 1.54) is 11.8 Å². The Labute approximate surface area is 142 Å². The molecule has 24 heavy (non-hydrogen) atoms. The molecular weight excluding hydrogens is 334 g/mol. The zero-order valence-electron chi connectivity index (χ0n) is 13.8. The summed E-state index contributed by atoms with van der Waals surface area (Å²) in [5.74, 6) is 0.991. The molecule has 2 aromatic heterocycles. The van der Waals surface area contributed by atoms with Crippen molar-refractivity contribution in [1.29, 1.82) is 0 Å². The smallest absolute Gasteiger partial charge is 0.321 e. The highest BCUT2D eigenvalue weighted by atomic mass is 32.2. The zero-order valence-corrected chi connectivity index (χ0v) is 14.6. The zero-order chi connectivity index (χ0) is 17.5. The van der Waals surface area contributed by atoms with Crippen molar-refractivity contribution < 1.29 is 13.3 Å². The Morgan fingerprint density at radius 2 is 1.88 bits per heavy atom. The molecule has 0 bridgehead atoms. The quantitative estimate of drug-likeness (QED) is 0.621. The molecule has 3 rings (SSSR count). The first-order valence-corrected chi connectivity index (χ1v) is 8.41. The van der Waals surface area contributed by atoms with Crippen molar-refractivity contribution >= 4 is 22.8 Å². The van der Waals surface area contributed by atoms with E-state index in [-0.39, 0.29) is 15.8 Å². The van der Waals surface area contributed by atoms with Gasteiger partial charge in [-0.1, -0.05) is 49.8 Å². The van der Waals surface area contributed by atoms with Crippen LogP contribution in [0.2, 0.25) is 0 Å². The number of nitrogens with zero attached hydrogens (tertiary/aromatic N) is 4. The Bertz CT molecular complexity index is 853. The van der Waals surface area contributed by atoms with Gasteiger partial charge in [-0.2, -0.15) is 13.8 Å². The lowest BCUT2D eigenvalue weighted by Gasteiger charge is -2.11. The third kappa shape index (κ3) is 3.15. The number of rotatable bonds is 4. The summed E-state index contributed by atoms with van der Waals surface area (Å²) in [4.78, 5) is 8.69. The van der Waals surface area contributed by atoms with E-state index in [0.717, 1.165) is 4.57 Å². The summed E-state index contributed by atoms with van der Waals surface area (Å²) in [5.41, 5.74) is 0.707. The van der Waals surface area contributed by atoms with Gasteiger partial charge in [-0.3, -0.25) is 4.57 Å². The van der Waals surface area contributed by atoms with Gasteiger partial charge in [-0.05, 0) is 19.1 Å². The van der Waals surface area contributed by atoms with Crippen LogP contribution in [-0.2, 0) is 5.41 Å². The van der Waals surface area contributed by atoms with Gasteiger partial charge in [0.05, 0.1) is 16.3 Å². The molecule has 0 aliphatic carbocycles. The molecule has 0 saturated carbocycles. The Balaban J connectivity index is 1.92. The van der Waals surface area contributed by atoms with Crippen molar-refractivity contribution in [2.75, 3.05) is 0 Å². The van der Waals surface area contributed by atoms with Gasteiger partial charge >= 0.3 is 6.55 Å². The minimum Gasteiger partial charge on any atom is -0.338 e. The number of hydrogen-bond donors (Lipinski definition) is 0. The van der Waals surface area contributed by atoms with Crippen LogP contribution in [0.3, 0.4) is 0 Å². The van der Waals surface area contributed by atoms with E-state index in [9.17, 15) is 8.78 Å². The summed E-state index contributed by atoms with van der Waals surface area (Å²) in [6, 6.07) is 6.84. The van der Waals surface area contributed by atoms with Crippen molar-refractivity contribution in [2.24, 2.45) is 0 Å². The minimum absolute atomic E-state index is 0.231. The standard InChI is InChI=1S/C16H18F2N4OS/c1-9(12-20-13(21-23-12)16(2,3)4)24-15-19-10-7-5-6-8-11(10)22(15)14(17)18/h5-9,14H,1-4H3/t9-/m0/s1. The highest BCUT2D eigenvalue weighted by Gasteiger charge is 2.26. The molecule has 0 fully saturated rings. The van der Waals surface area contributed by atoms with Gasteiger partial charge < -0.3 is 4.52 Å². The molecule has 0 radical (unpaired) electrons. The molecule has 1 aromatic carbocycles. The van der Waals surface area contributed by atoms with Gasteiger partial charge in [-0.25, -0.2) is 4.98 Å². The predicted molar refractivity (Wildman–Crippen MR) is 88.3 cm³/mol. The first-order chi connectivity index (χ1) is 11.3. The number of aromatic nitrogens is 4. The minimum atomic E-state index is -2.67. The number of para-hydroxylation sites is 2. The van der Waals surface area contributed by atoms with Gasteiger partial charge in [0, 0.05) is 5.41 Å². The SMILES string of the molecule is C[C@H](Sc1nc2ccccc2n1C(F)F)c1nc(C(C)(C)C)no1. The molecule has 2 heterocycles. The number of thioether (sulfide) groups is 1. The average Bonchev–Trinajstić information content (AvgIpc) is 3.11. The van der Waals surface area contributed by atoms with E-state index in [4.69, 9.17) is 4.52 Å². The number of hydrogen-bond acceptors (Lipinski definition) is 5. The maximum absolute atomic E-state index is 13.5. The number of benzene rings is 1. The first kappa shape index (κ1) is 16.9. The van der Waals surface area contributed by atoms with E-state index in [2.05, 4.69) is 15.1 Å². The van der Waals surface area contributed by atoms with Gasteiger partial charge in [0.25, 0.3) is 0 Å². The van der Waals surface area contributed by atoms with Crippen molar-refractivity contribution in [1.82, 2.24) is 19.7 Å². The second kappa shape index (κ2) is 6.16. The molecule has 5 nitrogen and oxygen atoms in total. The van der Waals surface area contributed by atoms with E-state index < -0.39 is 6.55 Å². The van der Waals surface area contributed by atoms with Crippen LogP contribution >= 0.6 is 11.8 Å². The van der Waals surface area contributed by atoms with E-state index in [1.54, 1.807) is 24.3 Å². The van der Waals surface area contributed by atoms with E-state index >= 15 is 0 Å². The topological polar surface area (TPSA) is 56.7 Å². The van der Waals surface area contributed by atoms with Crippen LogP contribution in [0.5, 0.6) is 0 Å². The summed E-state index contributed by atoms with van der Waals surface area (Å²) in [6.07, 6.45) is 0. The fourth-order valence-corrected chi connectivity index (χ4v) is 3.16. The van der Waals surface area contributed by atoms with Gasteiger partial charge in [0.1, 0.15) is 0 Å². The number of imidazole rings is 1. The van der Waals surface area contributed by atoms with Gasteiger partial charge in [0.2, 0.25) is 5.89 Å². The Morgan fingerprint density at radius 1 is 1.17 bits per heavy atom. The maximum atomic E-state index is 13.5. The largest absolute Gasteiger partial charge is 0.338 e. The number of halogens is 2. The summed E-state index contributed by atoms with van der Waals surface area (Å²) in [7, 11) is 0. The van der Waals surface area contributed by atoms with Crippen LogP contribution in [0.25, 0.3) is 11.0 Å². The third-order valence-electron chi connectivity index (χ3n) is 3.50. The highest BCUT2D eigenvalue weighted by molar-refractivity contribution is 7.99. The molecule has 0 aliphatic rings. The van der Waals surface area contributed by atoms with Crippen LogP contribution in [0.1, 0.15) is 51.2 Å². The van der Waals surface area contributed by atoms with E-state index in [1.807, 2.05) is 27.7 Å². The second-order valence-corrected chi connectivity index (χ2v) is 7.81. The van der Waals surface area contributed by atoms with Gasteiger partial charge in [0.15, 0.2) is 11.0 Å². The molecule has 3 aromatic rings. The highest BCUT2D eigenvalue weighted by Crippen LogP contribution is 2.37. The fourth-order valence-electron chi connectivity index (χ4n) is 2.21. The molecule has 0 amide bonds. The Kier molecular flexibility index (Phi) is 4.33. The normalized spacial score (nSPS) is 13.8. The molecule has 0 N–H and O–H groups in total. The van der Waals surface area contributed by atoms with Crippen molar-refractivity contribution in [3.8, 4) is 0 Å². The molecule has 0 spiro atoms. The molecular formula is C16H18F2N4OS. The van der Waals surface area contributed by atoms with Crippen molar-refractivity contribution in [3.63, 3.8) is 0 Å². The molecule has 0 unspecified atom stereocenters.